The van der Waals surface area contributed by atoms with Gasteiger partial charge in [-0.15, -0.1) is 0 Å². The zero-order valence-electron chi connectivity index (χ0n) is 20.9. The summed E-state index contributed by atoms with van der Waals surface area (Å²) in [6, 6.07) is 9.89. The third-order valence-corrected chi connectivity index (χ3v) is 7.72. The van der Waals surface area contributed by atoms with Gasteiger partial charge < -0.3 is 14.4 Å². The molecular weight excluding hydrogens is 450 g/mol. The van der Waals surface area contributed by atoms with Gasteiger partial charge in [-0.2, -0.15) is 0 Å². The van der Waals surface area contributed by atoms with E-state index in [1.54, 1.807) is 12.5 Å². The molecule has 2 heterocycles. The Hall–Kier alpha value is -2.03. The Bertz CT molecular complexity index is 873. The number of hydrogen-bond acceptors (Lipinski definition) is 5. The molecule has 2 atom stereocenters. The molecule has 0 saturated carbocycles. The Kier molecular flexibility index (Phi) is 10.3. The van der Waals surface area contributed by atoms with Crippen molar-refractivity contribution in [2.45, 2.75) is 71.2 Å². The van der Waals surface area contributed by atoms with E-state index in [1.807, 2.05) is 60.3 Å². The molecule has 0 spiro atoms. The molecule has 0 aliphatic carbocycles. The standard InChI is InChI=1S/C26H39N3O4S/c1-5-27-26(20(2)21(3)32-23-13-17-29(18-14-23)34(4)31)33-24-11-15-28(16-12-24)25(30)19-22-9-7-6-8-10-22/h5-10,21,23-24H,11-19H2,1-4H3/b26-20+,27-5-. The molecule has 8 heteroatoms. The predicted octanol–water partition coefficient (Wildman–Crippen LogP) is 3.72. The predicted molar refractivity (Wildman–Crippen MR) is 137 cm³/mol. The van der Waals surface area contributed by atoms with Crippen molar-refractivity contribution in [3.05, 3.63) is 47.4 Å². The van der Waals surface area contributed by atoms with Crippen LogP contribution >= 0.6 is 0 Å². The average Bonchev–Trinajstić information content (AvgIpc) is 2.84. The van der Waals surface area contributed by atoms with Crippen molar-refractivity contribution >= 4 is 23.1 Å². The van der Waals surface area contributed by atoms with Crippen LogP contribution < -0.4 is 0 Å². The number of carbonyl (C=O) groups is 1. The summed E-state index contributed by atoms with van der Waals surface area (Å²) < 4.78 is 26.3. The van der Waals surface area contributed by atoms with Crippen molar-refractivity contribution < 1.29 is 18.5 Å². The van der Waals surface area contributed by atoms with Gasteiger partial charge in [-0.1, -0.05) is 30.3 Å². The van der Waals surface area contributed by atoms with Gasteiger partial charge in [0, 0.05) is 57.1 Å². The normalized spacial score (nSPS) is 21.4. The molecule has 2 aliphatic heterocycles. The lowest BCUT2D eigenvalue weighted by Crippen LogP contribution is -2.41. The van der Waals surface area contributed by atoms with Gasteiger partial charge in [0.2, 0.25) is 11.8 Å². The maximum Gasteiger partial charge on any atom is 0.226 e. The van der Waals surface area contributed by atoms with Gasteiger partial charge in [0.15, 0.2) is 0 Å². The van der Waals surface area contributed by atoms with Gasteiger partial charge in [-0.3, -0.25) is 4.79 Å². The van der Waals surface area contributed by atoms with Crippen molar-refractivity contribution in [3.8, 4) is 0 Å². The van der Waals surface area contributed by atoms with Gasteiger partial charge in [-0.25, -0.2) is 13.5 Å². The van der Waals surface area contributed by atoms with E-state index in [0.717, 1.165) is 49.9 Å². The monoisotopic (exact) mass is 489 g/mol. The van der Waals surface area contributed by atoms with Crippen LogP contribution in [0.15, 0.2) is 46.8 Å². The number of piperidine rings is 2. The maximum atomic E-state index is 12.7. The third kappa shape index (κ3) is 7.75. The zero-order chi connectivity index (χ0) is 24.5. The molecule has 0 bridgehead atoms. The summed E-state index contributed by atoms with van der Waals surface area (Å²) in [5.41, 5.74) is 2.02. The smallest absolute Gasteiger partial charge is 0.226 e. The lowest BCUT2D eigenvalue weighted by Gasteiger charge is -2.33. The highest BCUT2D eigenvalue weighted by atomic mass is 32.2. The summed E-state index contributed by atoms with van der Waals surface area (Å²) in [7, 11) is -0.914. The fourth-order valence-electron chi connectivity index (χ4n) is 4.40. The molecule has 7 nitrogen and oxygen atoms in total. The van der Waals surface area contributed by atoms with Crippen molar-refractivity contribution in [2.75, 3.05) is 32.4 Å². The van der Waals surface area contributed by atoms with Crippen LogP contribution in [0.5, 0.6) is 0 Å². The molecule has 34 heavy (non-hydrogen) atoms. The first kappa shape index (κ1) is 26.6. The highest BCUT2D eigenvalue weighted by Gasteiger charge is 2.27. The molecule has 1 aromatic rings. The number of carbonyl (C=O) groups excluding carboxylic acids is 1. The van der Waals surface area contributed by atoms with E-state index in [1.165, 1.54) is 0 Å². The molecular formula is C26H39N3O4S. The van der Waals surface area contributed by atoms with Crippen LogP contribution in [-0.2, 0) is 31.7 Å². The van der Waals surface area contributed by atoms with Crippen molar-refractivity contribution in [3.63, 3.8) is 0 Å². The number of hydrogen-bond donors (Lipinski definition) is 0. The second-order valence-electron chi connectivity index (χ2n) is 9.07. The highest BCUT2D eigenvalue weighted by Crippen LogP contribution is 2.24. The number of benzene rings is 1. The quantitative estimate of drug-likeness (QED) is 0.392. The molecule has 2 fully saturated rings. The fourth-order valence-corrected chi connectivity index (χ4v) is 5.12. The van der Waals surface area contributed by atoms with Gasteiger partial charge in [0.05, 0.1) is 29.6 Å². The topological polar surface area (TPSA) is 71.4 Å². The number of rotatable bonds is 9. The Balaban J connectivity index is 1.51. The third-order valence-electron chi connectivity index (χ3n) is 6.63. The molecule has 0 N–H and O–H groups in total. The highest BCUT2D eigenvalue weighted by molar-refractivity contribution is 7.81. The summed E-state index contributed by atoms with van der Waals surface area (Å²) in [6.07, 6.45) is 7.32. The van der Waals surface area contributed by atoms with E-state index >= 15 is 0 Å². The van der Waals surface area contributed by atoms with Crippen LogP contribution in [0.25, 0.3) is 0 Å². The van der Waals surface area contributed by atoms with Crippen LogP contribution in [0.1, 0.15) is 52.0 Å². The van der Waals surface area contributed by atoms with E-state index in [0.29, 0.717) is 25.4 Å². The molecule has 0 radical (unpaired) electrons. The van der Waals surface area contributed by atoms with Gasteiger partial charge >= 0.3 is 0 Å². The van der Waals surface area contributed by atoms with Crippen molar-refractivity contribution in [2.24, 2.45) is 4.99 Å². The Morgan fingerprint density at radius 2 is 1.74 bits per heavy atom. The van der Waals surface area contributed by atoms with E-state index in [4.69, 9.17) is 9.47 Å². The number of amides is 1. The minimum absolute atomic E-state index is 0.0318. The summed E-state index contributed by atoms with van der Waals surface area (Å²) in [5, 5.41) is 0. The van der Waals surface area contributed by atoms with Gasteiger partial charge in [0.25, 0.3) is 0 Å². The van der Waals surface area contributed by atoms with Crippen LogP contribution in [0.2, 0.25) is 0 Å². The molecule has 1 amide bonds. The van der Waals surface area contributed by atoms with Gasteiger partial charge in [-0.05, 0) is 39.2 Å². The summed E-state index contributed by atoms with van der Waals surface area (Å²) in [5.74, 6) is 0.791. The molecule has 2 aliphatic rings. The first-order valence-corrected chi connectivity index (χ1v) is 13.8. The Morgan fingerprint density at radius 3 is 2.32 bits per heavy atom. The summed E-state index contributed by atoms with van der Waals surface area (Å²) in [6.45, 7) is 8.92. The van der Waals surface area contributed by atoms with E-state index in [9.17, 15) is 9.00 Å². The molecule has 3 rings (SSSR count). The van der Waals surface area contributed by atoms with Crippen molar-refractivity contribution in [1.29, 1.82) is 0 Å². The Labute approximate surface area is 206 Å². The van der Waals surface area contributed by atoms with Crippen LogP contribution in [0.4, 0.5) is 0 Å². The fraction of sp³-hybridized carbons (Fsp3) is 0.615. The molecule has 1 aromatic carbocycles. The Morgan fingerprint density at radius 1 is 1.12 bits per heavy atom. The van der Waals surface area contributed by atoms with E-state index in [-0.39, 0.29) is 24.2 Å². The van der Waals surface area contributed by atoms with Crippen LogP contribution in [-0.4, -0.2) is 76.3 Å². The zero-order valence-corrected chi connectivity index (χ0v) is 21.8. The van der Waals surface area contributed by atoms with Gasteiger partial charge in [0.1, 0.15) is 6.10 Å². The lowest BCUT2D eigenvalue weighted by atomic mass is 10.1. The SMILES string of the molecule is C/C=N\C(OC1CCN(C(=O)Cc2ccccc2)CC1)=C(\C)C(C)OC1CCN(S(C)=O)CC1. The number of ether oxygens (including phenoxy) is 2. The van der Waals surface area contributed by atoms with Crippen LogP contribution in [0.3, 0.4) is 0 Å². The molecule has 188 valence electrons. The average molecular weight is 490 g/mol. The van der Waals surface area contributed by atoms with Crippen LogP contribution in [0, 0.1) is 0 Å². The van der Waals surface area contributed by atoms with Crippen molar-refractivity contribution in [1.82, 2.24) is 9.21 Å². The second-order valence-corrected chi connectivity index (χ2v) is 10.4. The summed E-state index contributed by atoms with van der Waals surface area (Å²) >= 11 is 0. The first-order valence-electron chi connectivity index (χ1n) is 12.3. The minimum atomic E-state index is -0.914. The lowest BCUT2D eigenvalue weighted by molar-refractivity contribution is -0.132. The number of aliphatic imine (C=N–C) groups is 1. The summed E-state index contributed by atoms with van der Waals surface area (Å²) in [4.78, 5) is 19.1. The minimum Gasteiger partial charge on any atom is -0.474 e. The number of likely N-dealkylation sites (tertiary alicyclic amines) is 1. The second kappa shape index (κ2) is 13.2. The molecule has 2 unspecified atom stereocenters. The van der Waals surface area contributed by atoms with E-state index in [2.05, 4.69) is 4.99 Å². The molecule has 0 aromatic heterocycles. The molecule has 2 saturated heterocycles. The largest absolute Gasteiger partial charge is 0.474 e. The first-order chi connectivity index (χ1) is 16.4. The van der Waals surface area contributed by atoms with E-state index < -0.39 is 11.0 Å². The maximum absolute atomic E-state index is 12.7. The number of nitrogens with zero attached hydrogens (tertiary/aromatic N) is 3.